The second-order valence-corrected chi connectivity index (χ2v) is 4.95. The van der Waals surface area contributed by atoms with Gasteiger partial charge in [-0.2, -0.15) is 0 Å². The van der Waals surface area contributed by atoms with Crippen molar-refractivity contribution in [1.82, 2.24) is 5.32 Å². The van der Waals surface area contributed by atoms with E-state index in [9.17, 15) is 0 Å². The number of hydrogen-bond donors (Lipinski definition) is 1. The van der Waals surface area contributed by atoms with Crippen molar-refractivity contribution in [2.24, 2.45) is 0 Å². The standard InChI is InChI=1S/C17H29NO3/c1-4-10-19-12-13-20-14-17(18-3)15-6-8-16(9-7-15)21-11-5-2/h6-9,17-18H,4-5,10-14H2,1-3H3. The van der Waals surface area contributed by atoms with Crippen LogP contribution in [0.1, 0.15) is 38.3 Å². The molecule has 1 N–H and O–H groups in total. The monoisotopic (exact) mass is 295 g/mol. The molecule has 4 nitrogen and oxygen atoms in total. The molecule has 0 fully saturated rings. The zero-order valence-corrected chi connectivity index (χ0v) is 13.6. The molecule has 0 heterocycles. The molecule has 0 radical (unpaired) electrons. The second-order valence-electron chi connectivity index (χ2n) is 4.95. The van der Waals surface area contributed by atoms with Crippen molar-refractivity contribution < 1.29 is 14.2 Å². The van der Waals surface area contributed by atoms with Gasteiger partial charge >= 0.3 is 0 Å². The van der Waals surface area contributed by atoms with Gasteiger partial charge in [0.15, 0.2) is 0 Å². The summed E-state index contributed by atoms with van der Waals surface area (Å²) in [6.45, 7) is 7.71. The summed E-state index contributed by atoms with van der Waals surface area (Å²) in [5.74, 6) is 0.921. The van der Waals surface area contributed by atoms with E-state index in [1.165, 1.54) is 5.56 Å². The van der Waals surface area contributed by atoms with Gasteiger partial charge in [-0.15, -0.1) is 0 Å². The van der Waals surface area contributed by atoms with Crippen LogP contribution in [-0.2, 0) is 9.47 Å². The van der Waals surface area contributed by atoms with Crippen molar-refractivity contribution in [2.75, 3.05) is 40.1 Å². The fourth-order valence-electron chi connectivity index (χ4n) is 1.93. The summed E-state index contributed by atoms with van der Waals surface area (Å²) in [6, 6.07) is 8.39. The molecule has 0 aliphatic carbocycles. The van der Waals surface area contributed by atoms with Crippen LogP contribution in [0.15, 0.2) is 24.3 Å². The summed E-state index contributed by atoms with van der Waals surface area (Å²) >= 11 is 0. The van der Waals surface area contributed by atoms with Crippen LogP contribution in [0.25, 0.3) is 0 Å². The number of likely N-dealkylation sites (N-methyl/N-ethyl adjacent to an activating group) is 1. The molecular formula is C17H29NO3. The second kappa shape index (κ2) is 11.5. The average molecular weight is 295 g/mol. The van der Waals surface area contributed by atoms with Crippen molar-refractivity contribution in [3.8, 4) is 5.75 Å². The van der Waals surface area contributed by atoms with Crippen molar-refractivity contribution in [2.45, 2.75) is 32.7 Å². The molecule has 0 aliphatic heterocycles. The molecule has 0 saturated carbocycles. The molecule has 1 unspecified atom stereocenters. The lowest BCUT2D eigenvalue weighted by Gasteiger charge is -2.17. The minimum atomic E-state index is 0.191. The number of hydrogen-bond acceptors (Lipinski definition) is 4. The number of rotatable bonds is 12. The minimum absolute atomic E-state index is 0.191. The Bertz CT molecular complexity index is 354. The fourth-order valence-corrected chi connectivity index (χ4v) is 1.93. The Kier molecular flexibility index (Phi) is 9.87. The predicted octanol–water partition coefficient (Wildman–Crippen LogP) is 3.18. The highest BCUT2D eigenvalue weighted by molar-refractivity contribution is 5.29. The first-order valence-corrected chi connectivity index (χ1v) is 7.87. The molecule has 0 bridgehead atoms. The number of ether oxygens (including phenoxy) is 3. The molecule has 0 spiro atoms. The van der Waals surface area contributed by atoms with Crippen molar-refractivity contribution >= 4 is 0 Å². The Morgan fingerprint density at radius 2 is 1.57 bits per heavy atom. The Balaban J connectivity index is 2.33. The van der Waals surface area contributed by atoms with Gasteiger partial charge in [-0.25, -0.2) is 0 Å². The van der Waals surface area contributed by atoms with E-state index in [0.29, 0.717) is 19.8 Å². The van der Waals surface area contributed by atoms with E-state index in [-0.39, 0.29) is 6.04 Å². The van der Waals surface area contributed by atoms with E-state index in [0.717, 1.165) is 31.8 Å². The third kappa shape index (κ3) is 7.46. The summed E-state index contributed by atoms with van der Waals surface area (Å²) in [7, 11) is 1.95. The van der Waals surface area contributed by atoms with Gasteiger partial charge < -0.3 is 19.5 Å². The third-order valence-corrected chi connectivity index (χ3v) is 3.11. The highest BCUT2D eigenvalue weighted by Crippen LogP contribution is 2.18. The lowest BCUT2D eigenvalue weighted by molar-refractivity contribution is 0.0399. The smallest absolute Gasteiger partial charge is 0.119 e. The average Bonchev–Trinajstić information content (AvgIpc) is 2.53. The Morgan fingerprint density at radius 3 is 2.19 bits per heavy atom. The molecule has 4 heteroatoms. The van der Waals surface area contributed by atoms with E-state index < -0.39 is 0 Å². The van der Waals surface area contributed by atoms with Crippen LogP contribution in [0, 0.1) is 0 Å². The van der Waals surface area contributed by atoms with Crippen molar-refractivity contribution in [3.63, 3.8) is 0 Å². The van der Waals surface area contributed by atoms with Crippen LogP contribution in [-0.4, -0.2) is 40.1 Å². The third-order valence-electron chi connectivity index (χ3n) is 3.11. The highest BCUT2D eigenvalue weighted by atomic mass is 16.5. The summed E-state index contributed by atoms with van der Waals surface area (Å²) in [5.41, 5.74) is 1.20. The first-order valence-electron chi connectivity index (χ1n) is 7.87. The van der Waals surface area contributed by atoms with Gasteiger partial charge in [0.05, 0.1) is 32.5 Å². The molecule has 1 aromatic rings. The first kappa shape index (κ1) is 18.0. The Morgan fingerprint density at radius 1 is 0.905 bits per heavy atom. The number of benzene rings is 1. The van der Waals surface area contributed by atoms with Gasteiger partial charge in [-0.3, -0.25) is 0 Å². The zero-order chi connectivity index (χ0) is 15.3. The molecule has 120 valence electrons. The summed E-state index contributed by atoms with van der Waals surface area (Å²) in [6.07, 6.45) is 2.07. The van der Waals surface area contributed by atoms with Crippen molar-refractivity contribution in [3.05, 3.63) is 29.8 Å². The van der Waals surface area contributed by atoms with Gasteiger partial charge in [0.2, 0.25) is 0 Å². The van der Waals surface area contributed by atoms with E-state index in [1.807, 2.05) is 19.2 Å². The maximum absolute atomic E-state index is 5.66. The van der Waals surface area contributed by atoms with E-state index in [2.05, 4.69) is 31.3 Å². The molecule has 1 aromatic carbocycles. The molecule has 0 saturated heterocycles. The Hall–Kier alpha value is -1.10. The van der Waals surface area contributed by atoms with Gasteiger partial charge in [0, 0.05) is 6.61 Å². The van der Waals surface area contributed by atoms with Gasteiger partial charge in [-0.05, 0) is 37.6 Å². The normalized spacial score (nSPS) is 12.3. The molecule has 1 atom stereocenters. The topological polar surface area (TPSA) is 39.7 Å². The van der Waals surface area contributed by atoms with E-state index in [1.54, 1.807) is 0 Å². The maximum Gasteiger partial charge on any atom is 0.119 e. The van der Waals surface area contributed by atoms with Crippen LogP contribution in [0.5, 0.6) is 5.75 Å². The van der Waals surface area contributed by atoms with Crippen LogP contribution in [0.4, 0.5) is 0 Å². The maximum atomic E-state index is 5.66. The molecule has 0 aromatic heterocycles. The SMILES string of the molecule is CCCOCCOCC(NC)c1ccc(OCCC)cc1. The lowest BCUT2D eigenvalue weighted by atomic mass is 10.1. The first-order chi connectivity index (χ1) is 10.3. The quantitative estimate of drug-likeness (QED) is 0.601. The summed E-state index contributed by atoms with van der Waals surface area (Å²) in [4.78, 5) is 0. The van der Waals surface area contributed by atoms with Gasteiger partial charge in [0.25, 0.3) is 0 Å². The van der Waals surface area contributed by atoms with Crippen LogP contribution >= 0.6 is 0 Å². The fraction of sp³-hybridized carbons (Fsp3) is 0.647. The van der Waals surface area contributed by atoms with Crippen molar-refractivity contribution in [1.29, 1.82) is 0 Å². The Labute approximate surface area is 128 Å². The largest absolute Gasteiger partial charge is 0.494 e. The highest BCUT2D eigenvalue weighted by Gasteiger charge is 2.09. The molecular weight excluding hydrogens is 266 g/mol. The summed E-state index contributed by atoms with van der Waals surface area (Å²) in [5, 5.41) is 3.28. The van der Waals surface area contributed by atoms with E-state index >= 15 is 0 Å². The minimum Gasteiger partial charge on any atom is -0.494 e. The molecule has 0 amide bonds. The van der Waals surface area contributed by atoms with Gasteiger partial charge in [0.1, 0.15) is 5.75 Å². The van der Waals surface area contributed by atoms with Gasteiger partial charge in [-0.1, -0.05) is 26.0 Å². The van der Waals surface area contributed by atoms with Crippen LogP contribution < -0.4 is 10.1 Å². The molecule has 1 rings (SSSR count). The molecule has 0 aliphatic rings. The van der Waals surface area contributed by atoms with Crippen LogP contribution in [0.3, 0.4) is 0 Å². The molecule has 21 heavy (non-hydrogen) atoms. The zero-order valence-electron chi connectivity index (χ0n) is 13.6. The van der Waals surface area contributed by atoms with Crippen LogP contribution in [0.2, 0.25) is 0 Å². The predicted molar refractivity (Wildman–Crippen MR) is 86.0 cm³/mol. The summed E-state index contributed by atoms with van der Waals surface area (Å²) < 4.78 is 16.7. The lowest BCUT2D eigenvalue weighted by Crippen LogP contribution is -2.22. The number of nitrogens with one attached hydrogen (secondary N) is 1. The van der Waals surface area contributed by atoms with E-state index in [4.69, 9.17) is 14.2 Å².